The summed E-state index contributed by atoms with van der Waals surface area (Å²) in [6.07, 6.45) is 1.55. The molecule has 0 radical (unpaired) electrons. The number of nitrogens with zero attached hydrogens (tertiary/aromatic N) is 1. The maximum absolute atomic E-state index is 11.8. The number of ether oxygens (including phenoxy) is 2. The van der Waals surface area contributed by atoms with Gasteiger partial charge < -0.3 is 9.47 Å². The molecule has 1 aromatic carbocycles. The number of hydrogen-bond acceptors (Lipinski definition) is 5. The van der Waals surface area contributed by atoms with Crippen LogP contribution in [-0.2, 0) is 0 Å². The van der Waals surface area contributed by atoms with Crippen molar-refractivity contribution in [3.05, 3.63) is 45.6 Å². The summed E-state index contributed by atoms with van der Waals surface area (Å²) < 4.78 is 10.6. The van der Waals surface area contributed by atoms with Crippen LogP contribution < -0.4 is 14.9 Å². The van der Waals surface area contributed by atoms with Crippen LogP contribution in [0.25, 0.3) is 0 Å². The Morgan fingerprint density at radius 3 is 3.05 bits per heavy atom. The zero-order valence-electron chi connectivity index (χ0n) is 10.8. The summed E-state index contributed by atoms with van der Waals surface area (Å²) >= 11 is 1.43. The second-order valence-corrected chi connectivity index (χ2v) is 5.48. The Morgan fingerprint density at radius 2 is 2.25 bits per heavy atom. The molecule has 1 aliphatic rings. The van der Waals surface area contributed by atoms with Gasteiger partial charge in [0, 0.05) is 10.4 Å². The minimum absolute atomic E-state index is 0.209. The van der Waals surface area contributed by atoms with Crippen molar-refractivity contribution in [2.24, 2.45) is 5.10 Å². The molecule has 2 aromatic rings. The smallest absolute Gasteiger partial charge is 0.281 e. The number of aryl methyl sites for hydroxylation is 1. The van der Waals surface area contributed by atoms with E-state index in [0.29, 0.717) is 16.4 Å². The van der Waals surface area contributed by atoms with Gasteiger partial charge in [0.1, 0.15) is 0 Å². The highest BCUT2D eigenvalue weighted by atomic mass is 32.1. The molecule has 0 bridgehead atoms. The number of nitrogens with one attached hydrogen (secondary N) is 1. The zero-order valence-corrected chi connectivity index (χ0v) is 11.6. The lowest BCUT2D eigenvalue weighted by molar-refractivity contribution is 0.0959. The van der Waals surface area contributed by atoms with Crippen molar-refractivity contribution in [1.29, 1.82) is 0 Å². The Bertz CT molecular complexity index is 679. The van der Waals surface area contributed by atoms with Gasteiger partial charge in [-0.1, -0.05) is 6.07 Å². The Labute approximate surface area is 119 Å². The average molecular weight is 288 g/mol. The van der Waals surface area contributed by atoms with Crippen LogP contribution in [0.4, 0.5) is 0 Å². The zero-order chi connectivity index (χ0) is 13.9. The first-order valence-electron chi connectivity index (χ1n) is 6.02. The Kier molecular flexibility index (Phi) is 3.39. The molecule has 6 heteroatoms. The van der Waals surface area contributed by atoms with Crippen LogP contribution in [-0.4, -0.2) is 18.9 Å². The number of amides is 1. The van der Waals surface area contributed by atoms with E-state index in [1.165, 1.54) is 11.3 Å². The Balaban J connectivity index is 1.69. The molecule has 5 nitrogen and oxygen atoms in total. The first kappa shape index (κ1) is 12.7. The van der Waals surface area contributed by atoms with Crippen LogP contribution in [0.2, 0.25) is 0 Å². The first-order valence-corrected chi connectivity index (χ1v) is 6.84. The SMILES string of the molecule is Cc1ccc(C(=O)N/N=C/c2cccc3c2OCO3)s1. The van der Waals surface area contributed by atoms with E-state index >= 15 is 0 Å². The number of hydrogen-bond donors (Lipinski definition) is 1. The fraction of sp³-hybridized carbons (Fsp3) is 0.143. The third kappa shape index (κ3) is 2.50. The highest BCUT2D eigenvalue weighted by Crippen LogP contribution is 2.34. The molecule has 0 saturated carbocycles. The lowest BCUT2D eigenvalue weighted by atomic mass is 10.2. The van der Waals surface area contributed by atoms with Gasteiger partial charge in [0.25, 0.3) is 5.91 Å². The second-order valence-electron chi connectivity index (χ2n) is 4.19. The van der Waals surface area contributed by atoms with Gasteiger partial charge in [-0.15, -0.1) is 11.3 Å². The van der Waals surface area contributed by atoms with Gasteiger partial charge in [0.2, 0.25) is 6.79 Å². The molecule has 3 rings (SSSR count). The number of para-hydroxylation sites is 1. The van der Waals surface area contributed by atoms with Crippen molar-refractivity contribution in [1.82, 2.24) is 5.43 Å². The number of rotatable bonds is 3. The molecule has 1 N–H and O–H groups in total. The summed E-state index contributed by atoms with van der Waals surface area (Å²) in [5.41, 5.74) is 3.26. The summed E-state index contributed by atoms with van der Waals surface area (Å²) in [5, 5.41) is 3.95. The maximum atomic E-state index is 11.8. The quantitative estimate of drug-likeness (QED) is 0.697. The van der Waals surface area contributed by atoms with Crippen LogP contribution in [0.5, 0.6) is 11.5 Å². The van der Waals surface area contributed by atoms with Crippen molar-refractivity contribution in [3.63, 3.8) is 0 Å². The maximum Gasteiger partial charge on any atom is 0.281 e. The Hall–Kier alpha value is -2.34. The van der Waals surface area contributed by atoms with Crippen molar-refractivity contribution < 1.29 is 14.3 Å². The average Bonchev–Trinajstić information content (AvgIpc) is 3.07. The molecular weight excluding hydrogens is 276 g/mol. The summed E-state index contributed by atoms with van der Waals surface area (Å²) in [6, 6.07) is 9.20. The molecule has 0 unspecified atom stereocenters. The third-order valence-electron chi connectivity index (χ3n) is 2.76. The van der Waals surface area contributed by atoms with Crippen LogP contribution in [0, 0.1) is 6.92 Å². The number of carbonyl (C=O) groups is 1. The third-order valence-corrected chi connectivity index (χ3v) is 3.76. The molecule has 1 aromatic heterocycles. The fourth-order valence-electron chi connectivity index (χ4n) is 1.83. The molecular formula is C14H12N2O3S. The minimum atomic E-state index is -0.218. The molecule has 1 amide bonds. The van der Waals surface area contributed by atoms with Crippen molar-refractivity contribution in [2.75, 3.05) is 6.79 Å². The highest BCUT2D eigenvalue weighted by molar-refractivity contribution is 7.13. The van der Waals surface area contributed by atoms with Crippen molar-refractivity contribution in [3.8, 4) is 11.5 Å². The molecule has 0 atom stereocenters. The van der Waals surface area contributed by atoms with E-state index in [-0.39, 0.29) is 12.7 Å². The molecule has 1 aliphatic heterocycles. The predicted octanol–water partition coefficient (Wildman–Crippen LogP) is 2.55. The fourth-order valence-corrected chi connectivity index (χ4v) is 2.58. The van der Waals surface area contributed by atoms with E-state index in [0.717, 1.165) is 10.4 Å². The van der Waals surface area contributed by atoms with Gasteiger partial charge in [-0.25, -0.2) is 5.43 Å². The predicted molar refractivity (Wildman–Crippen MR) is 76.7 cm³/mol. The molecule has 0 saturated heterocycles. The monoisotopic (exact) mass is 288 g/mol. The van der Waals surface area contributed by atoms with E-state index in [1.807, 2.05) is 31.2 Å². The van der Waals surface area contributed by atoms with E-state index in [9.17, 15) is 4.79 Å². The van der Waals surface area contributed by atoms with Gasteiger partial charge in [-0.2, -0.15) is 5.10 Å². The summed E-state index contributed by atoms with van der Waals surface area (Å²) in [7, 11) is 0. The lowest BCUT2D eigenvalue weighted by Gasteiger charge is -2.00. The van der Waals surface area contributed by atoms with E-state index in [2.05, 4.69) is 10.5 Å². The summed E-state index contributed by atoms with van der Waals surface area (Å²) in [4.78, 5) is 13.5. The lowest BCUT2D eigenvalue weighted by Crippen LogP contribution is -2.16. The molecule has 2 heterocycles. The molecule has 102 valence electrons. The molecule has 20 heavy (non-hydrogen) atoms. The molecule has 0 aliphatic carbocycles. The number of thiophene rings is 1. The normalized spacial score (nSPS) is 12.8. The summed E-state index contributed by atoms with van der Waals surface area (Å²) in [6.45, 7) is 2.16. The van der Waals surface area contributed by atoms with Crippen LogP contribution >= 0.6 is 11.3 Å². The number of carbonyl (C=O) groups excluding carboxylic acids is 1. The van der Waals surface area contributed by atoms with Gasteiger partial charge in [-0.3, -0.25) is 4.79 Å². The summed E-state index contributed by atoms with van der Waals surface area (Å²) in [5.74, 6) is 1.12. The number of hydrazone groups is 1. The molecule has 0 spiro atoms. The van der Waals surface area contributed by atoms with Gasteiger partial charge in [0.05, 0.1) is 11.1 Å². The topological polar surface area (TPSA) is 59.9 Å². The second kappa shape index (κ2) is 5.34. The van der Waals surface area contributed by atoms with Crippen LogP contribution in [0.1, 0.15) is 20.1 Å². The van der Waals surface area contributed by atoms with Gasteiger partial charge in [0.15, 0.2) is 11.5 Å². The van der Waals surface area contributed by atoms with E-state index in [1.54, 1.807) is 12.3 Å². The van der Waals surface area contributed by atoms with E-state index in [4.69, 9.17) is 9.47 Å². The van der Waals surface area contributed by atoms with Crippen LogP contribution in [0.3, 0.4) is 0 Å². The minimum Gasteiger partial charge on any atom is -0.454 e. The van der Waals surface area contributed by atoms with Crippen molar-refractivity contribution in [2.45, 2.75) is 6.92 Å². The van der Waals surface area contributed by atoms with Crippen LogP contribution in [0.15, 0.2) is 35.4 Å². The number of fused-ring (bicyclic) bond motifs is 1. The van der Waals surface area contributed by atoms with Gasteiger partial charge >= 0.3 is 0 Å². The molecule has 0 fully saturated rings. The number of benzene rings is 1. The standard InChI is InChI=1S/C14H12N2O3S/c1-9-5-6-12(20-9)14(17)16-15-7-10-3-2-4-11-13(10)19-8-18-11/h2-7H,8H2,1H3,(H,16,17)/b15-7+. The van der Waals surface area contributed by atoms with E-state index < -0.39 is 0 Å². The van der Waals surface area contributed by atoms with Gasteiger partial charge in [-0.05, 0) is 31.2 Å². The largest absolute Gasteiger partial charge is 0.454 e. The Morgan fingerprint density at radius 1 is 1.35 bits per heavy atom. The first-order chi connectivity index (χ1) is 9.74. The highest BCUT2D eigenvalue weighted by Gasteiger charge is 2.15. The van der Waals surface area contributed by atoms with Crippen molar-refractivity contribution >= 4 is 23.5 Å².